The lowest BCUT2D eigenvalue weighted by atomic mass is 9.58. The van der Waals surface area contributed by atoms with E-state index in [-0.39, 0.29) is 36.4 Å². The number of anilines is 1. The van der Waals surface area contributed by atoms with Gasteiger partial charge in [0.05, 0.1) is 22.1 Å². The zero-order valence-electron chi connectivity index (χ0n) is 19.0. The van der Waals surface area contributed by atoms with Crippen LogP contribution in [0, 0.1) is 5.92 Å². The molecule has 1 fully saturated rings. The van der Waals surface area contributed by atoms with E-state index in [2.05, 4.69) is 0 Å². The average Bonchev–Trinajstić information content (AvgIpc) is 2.83. The lowest BCUT2D eigenvalue weighted by Gasteiger charge is -2.51. The van der Waals surface area contributed by atoms with Crippen molar-refractivity contribution in [3.63, 3.8) is 0 Å². The zero-order valence-corrected chi connectivity index (χ0v) is 19.8. The van der Waals surface area contributed by atoms with E-state index >= 15 is 0 Å². The summed E-state index contributed by atoms with van der Waals surface area (Å²) in [5.74, 6) is -1.61. The lowest BCUT2D eigenvalue weighted by molar-refractivity contribution is -0.203. The van der Waals surface area contributed by atoms with Crippen molar-refractivity contribution >= 4 is 26.5 Å². The normalized spacial score (nSPS) is 23.2. The first-order valence-electron chi connectivity index (χ1n) is 11.6. The van der Waals surface area contributed by atoms with Crippen molar-refractivity contribution < 1.29 is 34.8 Å². The highest BCUT2D eigenvalue weighted by molar-refractivity contribution is 7.92. The third-order valence-electron chi connectivity index (χ3n) is 7.63. The van der Waals surface area contributed by atoms with Gasteiger partial charge in [-0.3, -0.25) is 4.31 Å². The van der Waals surface area contributed by atoms with Crippen molar-refractivity contribution in [2.75, 3.05) is 10.8 Å². The summed E-state index contributed by atoms with van der Waals surface area (Å²) in [7, 11) is -4.33. The molecule has 2 unspecified atom stereocenters. The quantitative estimate of drug-likeness (QED) is 0.325. The van der Waals surface area contributed by atoms with E-state index in [1.54, 1.807) is 30.3 Å². The topological polar surface area (TPSA) is 37.4 Å². The smallest absolute Gasteiger partial charge is 0.266 e. The van der Waals surface area contributed by atoms with Gasteiger partial charge in [0.25, 0.3) is 10.0 Å². The van der Waals surface area contributed by atoms with E-state index in [9.17, 15) is 34.8 Å². The van der Waals surface area contributed by atoms with Gasteiger partial charge in [-0.2, -0.15) is 26.3 Å². The molecule has 0 N–H and O–H groups in total. The van der Waals surface area contributed by atoms with Crippen LogP contribution < -0.4 is 4.31 Å². The number of rotatable bonds is 2. The molecular weight excluding hydrogens is 504 g/mol. The Morgan fingerprint density at radius 3 is 2.19 bits per heavy atom. The lowest BCUT2D eigenvalue weighted by Crippen LogP contribution is -2.52. The second-order valence-corrected chi connectivity index (χ2v) is 11.4. The number of fused-ring (bicyclic) bond motifs is 4. The summed E-state index contributed by atoms with van der Waals surface area (Å²) in [6.45, 7) is -0.193. The van der Waals surface area contributed by atoms with Gasteiger partial charge in [-0.05, 0) is 65.9 Å². The van der Waals surface area contributed by atoms with E-state index in [1.807, 2.05) is 0 Å². The Morgan fingerprint density at radius 1 is 0.833 bits per heavy atom. The molecule has 3 aromatic carbocycles. The minimum atomic E-state index is -4.63. The number of hydrogen-bond donors (Lipinski definition) is 0. The Balaban J connectivity index is 1.70. The van der Waals surface area contributed by atoms with Crippen molar-refractivity contribution in [3.05, 3.63) is 71.8 Å². The molecule has 0 radical (unpaired) electrons. The largest absolute Gasteiger partial charge is 0.416 e. The van der Waals surface area contributed by atoms with Gasteiger partial charge in [-0.25, -0.2) is 8.42 Å². The molecule has 2 atom stereocenters. The maximum atomic E-state index is 14.4. The maximum Gasteiger partial charge on any atom is 0.416 e. The van der Waals surface area contributed by atoms with Crippen molar-refractivity contribution in [1.29, 1.82) is 0 Å². The molecular formula is C26H23F6NO2S. The maximum absolute atomic E-state index is 14.4. The fraction of sp³-hybridized carbons (Fsp3) is 0.385. The van der Waals surface area contributed by atoms with Gasteiger partial charge in [0, 0.05) is 12.0 Å². The average molecular weight is 528 g/mol. The highest BCUT2D eigenvalue weighted by Gasteiger charge is 2.58. The predicted octanol–water partition coefficient (Wildman–Crippen LogP) is 7.45. The van der Waals surface area contributed by atoms with E-state index in [0.717, 1.165) is 16.4 Å². The molecule has 1 saturated carbocycles. The van der Waals surface area contributed by atoms with E-state index in [0.29, 0.717) is 41.3 Å². The molecule has 1 aliphatic carbocycles. The Hall–Kier alpha value is -2.75. The molecule has 10 heteroatoms. The Bertz CT molecular complexity index is 1400. The van der Waals surface area contributed by atoms with Gasteiger partial charge in [-0.1, -0.05) is 43.2 Å². The van der Waals surface area contributed by atoms with Crippen LogP contribution in [0.4, 0.5) is 32.0 Å². The van der Waals surface area contributed by atoms with Gasteiger partial charge in [0.2, 0.25) is 0 Å². The number of halogens is 6. The van der Waals surface area contributed by atoms with Gasteiger partial charge >= 0.3 is 12.4 Å². The minimum absolute atomic E-state index is 0.0297. The van der Waals surface area contributed by atoms with Crippen LogP contribution in [0.5, 0.6) is 0 Å². The molecule has 0 aromatic heterocycles. The van der Waals surface area contributed by atoms with Crippen molar-refractivity contribution in [2.45, 2.75) is 54.8 Å². The highest BCUT2D eigenvalue weighted by Crippen LogP contribution is 2.58. The molecule has 36 heavy (non-hydrogen) atoms. The summed E-state index contributed by atoms with van der Waals surface area (Å²) in [5, 5.41) is 1.27. The van der Waals surface area contributed by atoms with Crippen LogP contribution in [0.3, 0.4) is 0 Å². The number of hydrogen-bond acceptors (Lipinski definition) is 2. The van der Waals surface area contributed by atoms with Crippen LogP contribution in [0.15, 0.2) is 65.6 Å². The standard InChI is InChI=1S/C26H23F6NO2S/c27-25(28,29)18-9-11-19(12-10-18)36(34,35)33-16-15-24(14-4-3-7-22(24)26(30,31)32)23-20-6-2-1-5-17(20)8-13-21(23)33/h1-2,5-6,8-13,22H,3-4,7,14-16H2. The third kappa shape index (κ3) is 3.93. The SMILES string of the molecule is O=S(=O)(c1ccc(C(F)(F)F)cc1)N1CCC2(CCCCC2C(F)(F)F)c2c1ccc1ccccc21. The molecule has 3 aromatic rings. The van der Waals surface area contributed by atoms with Crippen molar-refractivity contribution in [2.24, 2.45) is 5.92 Å². The Morgan fingerprint density at radius 2 is 1.53 bits per heavy atom. The van der Waals surface area contributed by atoms with E-state index < -0.39 is 39.3 Å². The number of benzene rings is 3. The Labute approximate surface area is 204 Å². The van der Waals surface area contributed by atoms with Gasteiger partial charge in [0.1, 0.15) is 0 Å². The number of sulfonamides is 1. The molecule has 5 rings (SSSR count). The van der Waals surface area contributed by atoms with Crippen molar-refractivity contribution in [3.8, 4) is 0 Å². The summed E-state index contributed by atoms with van der Waals surface area (Å²) < 4.78 is 110. The molecule has 1 aliphatic heterocycles. The zero-order chi connectivity index (χ0) is 25.9. The second-order valence-electron chi connectivity index (χ2n) is 9.53. The molecule has 0 bridgehead atoms. The highest BCUT2D eigenvalue weighted by atomic mass is 32.2. The van der Waals surface area contributed by atoms with Gasteiger partial charge in [0.15, 0.2) is 0 Å². The predicted molar refractivity (Wildman–Crippen MR) is 124 cm³/mol. The van der Waals surface area contributed by atoms with Crippen molar-refractivity contribution in [1.82, 2.24) is 0 Å². The van der Waals surface area contributed by atoms with Crippen LogP contribution in [-0.2, 0) is 21.6 Å². The Kier molecular flexibility index (Phi) is 5.81. The molecule has 1 heterocycles. The molecule has 0 amide bonds. The first-order chi connectivity index (χ1) is 16.9. The van der Waals surface area contributed by atoms with E-state index in [4.69, 9.17) is 0 Å². The first-order valence-corrected chi connectivity index (χ1v) is 13.1. The van der Waals surface area contributed by atoms with Crippen LogP contribution in [0.2, 0.25) is 0 Å². The monoisotopic (exact) mass is 527 g/mol. The fourth-order valence-corrected chi connectivity index (χ4v) is 7.52. The molecule has 3 nitrogen and oxygen atoms in total. The van der Waals surface area contributed by atoms with Gasteiger partial charge < -0.3 is 0 Å². The molecule has 0 saturated heterocycles. The van der Waals surface area contributed by atoms with Crippen LogP contribution >= 0.6 is 0 Å². The minimum Gasteiger partial charge on any atom is -0.266 e. The second kappa shape index (κ2) is 8.39. The summed E-state index contributed by atoms with van der Waals surface area (Å²) in [5.41, 5.74) is -1.74. The third-order valence-corrected chi connectivity index (χ3v) is 9.46. The first kappa shape index (κ1) is 24.9. The van der Waals surface area contributed by atoms with Crippen LogP contribution in [-0.4, -0.2) is 21.1 Å². The number of alkyl halides is 6. The molecule has 1 spiro atoms. The summed E-state index contributed by atoms with van der Waals surface area (Å²) in [6.07, 6.45) is -7.81. The molecule has 192 valence electrons. The van der Waals surface area contributed by atoms with Crippen LogP contribution in [0.1, 0.15) is 43.2 Å². The van der Waals surface area contributed by atoms with Crippen LogP contribution in [0.25, 0.3) is 10.8 Å². The fourth-order valence-electron chi connectivity index (χ4n) is 6.05. The summed E-state index contributed by atoms with van der Waals surface area (Å²) in [4.78, 5) is -0.346. The number of nitrogens with zero attached hydrogens (tertiary/aromatic N) is 1. The summed E-state index contributed by atoms with van der Waals surface area (Å²) >= 11 is 0. The van der Waals surface area contributed by atoms with E-state index in [1.165, 1.54) is 6.07 Å². The van der Waals surface area contributed by atoms with Gasteiger partial charge in [-0.15, -0.1) is 0 Å². The molecule has 2 aliphatic rings. The summed E-state index contributed by atoms with van der Waals surface area (Å²) in [6, 6.07) is 13.3.